The Bertz CT molecular complexity index is 623. The van der Waals surface area contributed by atoms with Crippen LogP contribution in [-0.4, -0.2) is 27.8 Å². The lowest BCUT2D eigenvalue weighted by molar-refractivity contribution is 0.0878. The zero-order valence-electron chi connectivity index (χ0n) is 11.9. The summed E-state index contributed by atoms with van der Waals surface area (Å²) in [5.41, 5.74) is 0.997. The Balaban J connectivity index is 1.86. The normalized spacial score (nSPS) is 13.2. The third-order valence-electron chi connectivity index (χ3n) is 3.14. The Morgan fingerprint density at radius 3 is 2.57 bits per heavy atom. The van der Waals surface area contributed by atoms with Gasteiger partial charge in [-0.1, -0.05) is 30.3 Å². The first-order chi connectivity index (χ1) is 10.1. The van der Waals surface area contributed by atoms with Crippen molar-refractivity contribution in [1.29, 1.82) is 0 Å². The monoisotopic (exact) mass is 309 g/mol. The van der Waals surface area contributed by atoms with E-state index < -0.39 is 16.1 Å². The van der Waals surface area contributed by atoms with Crippen molar-refractivity contribution in [3.8, 4) is 0 Å². The van der Waals surface area contributed by atoms with Crippen LogP contribution in [0.1, 0.15) is 17.4 Å². The molecule has 2 aromatic rings. The fraction of sp³-hybridized carbons (Fsp3) is 0.333. The van der Waals surface area contributed by atoms with E-state index in [0.717, 1.165) is 5.56 Å². The molecule has 0 aliphatic rings. The summed E-state index contributed by atoms with van der Waals surface area (Å²) in [5, 5.41) is 0. The van der Waals surface area contributed by atoms with Gasteiger partial charge in [-0.2, -0.15) is 0 Å². The van der Waals surface area contributed by atoms with E-state index in [-0.39, 0.29) is 12.3 Å². The van der Waals surface area contributed by atoms with Gasteiger partial charge in [-0.15, -0.1) is 0 Å². The molecule has 1 N–H and O–H groups in total. The Labute approximate surface area is 125 Å². The largest absolute Gasteiger partial charge is 0.467 e. The molecule has 0 fully saturated rings. The Morgan fingerprint density at radius 2 is 1.95 bits per heavy atom. The molecule has 0 aliphatic carbocycles. The average molecular weight is 309 g/mol. The summed E-state index contributed by atoms with van der Waals surface area (Å²) < 4.78 is 37.0. The van der Waals surface area contributed by atoms with Gasteiger partial charge in [0.15, 0.2) is 0 Å². The number of benzene rings is 1. The molecule has 0 unspecified atom stereocenters. The van der Waals surface area contributed by atoms with Crippen LogP contribution in [0.15, 0.2) is 53.1 Å². The highest BCUT2D eigenvalue weighted by Gasteiger charge is 2.17. The maximum absolute atomic E-state index is 12.0. The molecule has 6 heteroatoms. The minimum Gasteiger partial charge on any atom is -0.467 e. The second kappa shape index (κ2) is 7.40. The number of methoxy groups -OCH3 is 1. The van der Waals surface area contributed by atoms with Crippen molar-refractivity contribution in [1.82, 2.24) is 4.72 Å². The molecule has 2 rings (SSSR count). The van der Waals surface area contributed by atoms with E-state index in [1.165, 1.54) is 13.4 Å². The lowest BCUT2D eigenvalue weighted by Gasteiger charge is -2.14. The van der Waals surface area contributed by atoms with Crippen LogP contribution in [0.5, 0.6) is 0 Å². The number of nitrogens with one attached hydrogen (secondary N) is 1. The van der Waals surface area contributed by atoms with E-state index in [4.69, 9.17) is 9.15 Å². The molecule has 1 atom stereocenters. The zero-order chi connectivity index (χ0) is 15.1. The fourth-order valence-corrected chi connectivity index (χ4v) is 3.00. The summed E-state index contributed by atoms with van der Waals surface area (Å²) in [7, 11) is -1.83. The quantitative estimate of drug-likeness (QED) is 0.811. The third-order valence-corrected chi connectivity index (χ3v) is 4.48. The van der Waals surface area contributed by atoms with Crippen LogP contribution in [0.25, 0.3) is 0 Å². The smallest absolute Gasteiger partial charge is 0.212 e. The first-order valence-electron chi connectivity index (χ1n) is 6.68. The van der Waals surface area contributed by atoms with E-state index in [0.29, 0.717) is 12.2 Å². The molecule has 0 amide bonds. The number of ether oxygens (including phenoxy) is 1. The van der Waals surface area contributed by atoms with Gasteiger partial charge in [0.2, 0.25) is 10.0 Å². The van der Waals surface area contributed by atoms with Gasteiger partial charge in [0.1, 0.15) is 11.9 Å². The number of hydrogen-bond acceptors (Lipinski definition) is 4. The number of sulfonamides is 1. The van der Waals surface area contributed by atoms with E-state index in [1.54, 1.807) is 12.1 Å². The molecular weight excluding hydrogens is 290 g/mol. The number of aryl methyl sites for hydroxylation is 1. The van der Waals surface area contributed by atoms with Crippen LogP contribution in [-0.2, 0) is 21.2 Å². The van der Waals surface area contributed by atoms with Crippen molar-refractivity contribution < 1.29 is 17.6 Å². The van der Waals surface area contributed by atoms with Crippen molar-refractivity contribution >= 4 is 10.0 Å². The second-order valence-electron chi connectivity index (χ2n) is 4.64. The number of rotatable bonds is 8. The Morgan fingerprint density at radius 1 is 1.19 bits per heavy atom. The van der Waals surface area contributed by atoms with Crippen LogP contribution in [0, 0.1) is 0 Å². The maximum Gasteiger partial charge on any atom is 0.212 e. The van der Waals surface area contributed by atoms with E-state index in [2.05, 4.69) is 4.72 Å². The predicted molar refractivity (Wildman–Crippen MR) is 80.4 cm³/mol. The minimum absolute atomic E-state index is 0.0472. The summed E-state index contributed by atoms with van der Waals surface area (Å²) >= 11 is 0. The van der Waals surface area contributed by atoms with Crippen LogP contribution in [0.3, 0.4) is 0 Å². The minimum atomic E-state index is -3.35. The highest BCUT2D eigenvalue weighted by molar-refractivity contribution is 7.89. The lowest BCUT2D eigenvalue weighted by Crippen LogP contribution is -2.31. The van der Waals surface area contributed by atoms with E-state index >= 15 is 0 Å². The van der Waals surface area contributed by atoms with Gasteiger partial charge in [-0.05, 0) is 24.1 Å². The molecule has 114 valence electrons. The Hall–Kier alpha value is -1.63. The van der Waals surface area contributed by atoms with Gasteiger partial charge in [-0.25, -0.2) is 13.1 Å². The first kappa shape index (κ1) is 15.8. The summed E-state index contributed by atoms with van der Waals surface area (Å²) in [6.07, 6.45) is 1.59. The topological polar surface area (TPSA) is 68.5 Å². The standard InChI is InChI=1S/C15H19NO4S/c1-19-15(14-8-5-10-20-14)12-16-21(17,18)11-9-13-6-3-2-4-7-13/h2-8,10,15-16H,9,11-12H2,1H3/t15-/m1/s1. The summed E-state index contributed by atoms with van der Waals surface area (Å²) in [4.78, 5) is 0. The van der Waals surface area contributed by atoms with Crippen LogP contribution < -0.4 is 4.72 Å². The maximum atomic E-state index is 12.0. The molecule has 0 aliphatic heterocycles. The van der Waals surface area contributed by atoms with Crippen molar-refractivity contribution in [3.05, 3.63) is 60.1 Å². The molecule has 0 saturated heterocycles. The van der Waals surface area contributed by atoms with Gasteiger partial charge in [0.25, 0.3) is 0 Å². The molecule has 0 bridgehead atoms. The van der Waals surface area contributed by atoms with Gasteiger partial charge >= 0.3 is 0 Å². The summed E-state index contributed by atoms with van der Waals surface area (Å²) in [6, 6.07) is 13.0. The molecule has 0 saturated carbocycles. The first-order valence-corrected chi connectivity index (χ1v) is 8.33. The molecule has 0 radical (unpaired) electrons. The molecule has 1 aromatic heterocycles. The van der Waals surface area contributed by atoms with Crippen molar-refractivity contribution in [2.45, 2.75) is 12.5 Å². The van der Waals surface area contributed by atoms with Crippen molar-refractivity contribution in [2.24, 2.45) is 0 Å². The number of hydrogen-bond donors (Lipinski definition) is 1. The van der Waals surface area contributed by atoms with Crippen molar-refractivity contribution in [2.75, 3.05) is 19.4 Å². The molecular formula is C15H19NO4S. The van der Waals surface area contributed by atoms with E-state index in [1.807, 2.05) is 30.3 Å². The van der Waals surface area contributed by atoms with Gasteiger partial charge in [-0.3, -0.25) is 0 Å². The molecule has 0 spiro atoms. The predicted octanol–water partition coefficient (Wildman–Crippen LogP) is 2.13. The van der Waals surface area contributed by atoms with Gasteiger partial charge in [0, 0.05) is 13.7 Å². The number of furan rings is 1. The highest BCUT2D eigenvalue weighted by atomic mass is 32.2. The van der Waals surface area contributed by atoms with E-state index in [9.17, 15) is 8.42 Å². The van der Waals surface area contributed by atoms with Crippen LogP contribution >= 0.6 is 0 Å². The lowest BCUT2D eigenvalue weighted by atomic mass is 10.2. The molecule has 1 aromatic carbocycles. The van der Waals surface area contributed by atoms with Crippen molar-refractivity contribution in [3.63, 3.8) is 0 Å². The molecule has 21 heavy (non-hydrogen) atoms. The van der Waals surface area contributed by atoms with Gasteiger partial charge < -0.3 is 9.15 Å². The third kappa shape index (κ3) is 5.00. The molecule has 5 nitrogen and oxygen atoms in total. The average Bonchev–Trinajstić information content (AvgIpc) is 3.01. The van der Waals surface area contributed by atoms with Gasteiger partial charge in [0.05, 0.1) is 12.0 Å². The Kier molecular flexibility index (Phi) is 5.55. The summed E-state index contributed by atoms with van der Waals surface area (Å²) in [5.74, 6) is 0.647. The summed E-state index contributed by atoms with van der Waals surface area (Å²) in [6.45, 7) is 0.154. The zero-order valence-corrected chi connectivity index (χ0v) is 12.7. The van der Waals surface area contributed by atoms with Crippen LogP contribution in [0.4, 0.5) is 0 Å². The van der Waals surface area contributed by atoms with Crippen LogP contribution in [0.2, 0.25) is 0 Å². The second-order valence-corrected chi connectivity index (χ2v) is 6.57. The SMILES string of the molecule is CO[C@H](CNS(=O)(=O)CCc1ccccc1)c1ccco1. The fourth-order valence-electron chi connectivity index (χ4n) is 1.95. The molecule has 1 heterocycles. The highest BCUT2D eigenvalue weighted by Crippen LogP contribution is 2.16.